The van der Waals surface area contributed by atoms with Crippen molar-refractivity contribution in [2.24, 2.45) is 5.92 Å². The van der Waals surface area contributed by atoms with Crippen LogP contribution in [-0.4, -0.2) is 13.1 Å². The highest BCUT2D eigenvalue weighted by atomic mass is 79.9. The topological polar surface area (TPSA) is 12.0 Å². The largest absolute Gasteiger partial charge is 0.316 e. The average molecular weight is 307 g/mol. The highest BCUT2D eigenvalue weighted by Gasteiger charge is 2.17. The summed E-state index contributed by atoms with van der Waals surface area (Å²) in [6, 6.07) is 3.64. The maximum Gasteiger partial charge on any atom is 0.156 e. The van der Waals surface area contributed by atoms with Gasteiger partial charge in [0.25, 0.3) is 0 Å². The molecule has 1 N–H and O–H groups in total. The molecule has 0 saturated carbocycles. The van der Waals surface area contributed by atoms with E-state index < -0.39 is 0 Å². The van der Waals surface area contributed by atoms with Crippen molar-refractivity contribution in [1.82, 2.24) is 5.32 Å². The minimum atomic E-state index is -0.345. The van der Waals surface area contributed by atoms with E-state index in [2.05, 4.69) is 21.2 Å². The van der Waals surface area contributed by atoms with E-state index in [-0.39, 0.29) is 10.8 Å². The lowest BCUT2D eigenvalue weighted by Crippen LogP contribution is -2.30. The Labute approximate surface area is 109 Å². The molecule has 16 heavy (non-hydrogen) atoms. The molecule has 88 valence electrons. The van der Waals surface area contributed by atoms with Crippen molar-refractivity contribution in [3.05, 3.63) is 33.0 Å². The second-order valence-corrected chi connectivity index (χ2v) is 5.48. The number of benzene rings is 1. The Kier molecular flexibility index (Phi) is 4.22. The Morgan fingerprint density at radius 1 is 1.50 bits per heavy atom. The van der Waals surface area contributed by atoms with E-state index in [0.29, 0.717) is 10.4 Å². The van der Waals surface area contributed by atoms with E-state index in [0.717, 1.165) is 25.1 Å². The second kappa shape index (κ2) is 5.48. The first-order chi connectivity index (χ1) is 7.68. The third-order valence-electron chi connectivity index (χ3n) is 3.02. The molecule has 0 bridgehead atoms. The van der Waals surface area contributed by atoms with Crippen molar-refractivity contribution in [1.29, 1.82) is 0 Å². The van der Waals surface area contributed by atoms with Crippen LogP contribution in [0.1, 0.15) is 18.4 Å². The lowest BCUT2D eigenvalue weighted by Gasteiger charge is -2.23. The van der Waals surface area contributed by atoms with Crippen molar-refractivity contribution < 1.29 is 4.39 Å². The minimum absolute atomic E-state index is 0.264. The number of halogens is 3. The van der Waals surface area contributed by atoms with Crippen LogP contribution in [0.4, 0.5) is 4.39 Å². The number of piperidine rings is 1. The van der Waals surface area contributed by atoms with Crippen LogP contribution in [0, 0.1) is 11.7 Å². The SMILES string of the molecule is Fc1c(Br)ccc(CC2CCCNC2)c1Cl. The van der Waals surface area contributed by atoms with E-state index in [9.17, 15) is 4.39 Å². The predicted octanol–water partition coefficient (Wildman–Crippen LogP) is 3.78. The fraction of sp³-hybridized carbons (Fsp3) is 0.500. The van der Waals surface area contributed by atoms with Gasteiger partial charge in [0.15, 0.2) is 5.82 Å². The number of nitrogens with one attached hydrogen (secondary N) is 1. The summed E-state index contributed by atoms with van der Waals surface area (Å²) in [6.45, 7) is 2.10. The third-order valence-corrected chi connectivity index (χ3v) is 4.04. The molecule has 0 radical (unpaired) electrons. The molecule has 4 heteroatoms. The van der Waals surface area contributed by atoms with Crippen molar-refractivity contribution in [3.8, 4) is 0 Å². The molecule has 1 aliphatic heterocycles. The van der Waals surface area contributed by atoms with Gasteiger partial charge in [-0.25, -0.2) is 4.39 Å². The van der Waals surface area contributed by atoms with Gasteiger partial charge in [-0.15, -0.1) is 0 Å². The molecule has 0 amide bonds. The molecule has 1 fully saturated rings. The summed E-state index contributed by atoms with van der Waals surface area (Å²) in [4.78, 5) is 0. The zero-order chi connectivity index (χ0) is 11.5. The van der Waals surface area contributed by atoms with Crippen LogP contribution >= 0.6 is 27.5 Å². The zero-order valence-corrected chi connectivity index (χ0v) is 11.2. The van der Waals surface area contributed by atoms with Gasteiger partial charge in [-0.2, -0.15) is 0 Å². The first-order valence-corrected chi connectivity index (χ1v) is 6.68. The van der Waals surface area contributed by atoms with Crippen molar-refractivity contribution in [2.75, 3.05) is 13.1 Å². The van der Waals surface area contributed by atoms with Crippen molar-refractivity contribution in [3.63, 3.8) is 0 Å². The van der Waals surface area contributed by atoms with Gasteiger partial charge in [0.05, 0.1) is 9.50 Å². The fourth-order valence-electron chi connectivity index (χ4n) is 2.13. The van der Waals surface area contributed by atoms with Gasteiger partial charge in [-0.05, 0) is 65.8 Å². The molecule has 1 aliphatic rings. The minimum Gasteiger partial charge on any atom is -0.316 e. The van der Waals surface area contributed by atoms with Gasteiger partial charge in [-0.3, -0.25) is 0 Å². The van der Waals surface area contributed by atoms with E-state index in [1.165, 1.54) is 12.8 Å². The Morgan fingerprint density at radius 3 is 3.00 bits per heavy atom. The van der Waals surface area contributed by atoms with E-state index >= 15 is 0 Å². The zero-order valence-electron chi connectivity index (χ0n) is 8.90. The molecule has 0 spiro atoms. The highest BCUT2D eigenvalue weighted by molar-refractivity contribution is 9.10. The Hall–Kier alpha value is -0.120. The molecule has 1 aromatic rings. The van der Waals surface area contributed by atoms with Gasteiger partial charge < -0.3 is 5.32 Å². The van der Waals surface area contributed by atoms with E-state index in [1.54, 1.807) is 6.07 Å². The van der Waals surface area contributed by atoms with Crippen LogP contribution in [0.25, 0.3) is 0 Å². The molecular weight excluding hydrogens is 292 g/mol. The molecule has 1 unspecified atom stereocenters. The summed E-state index contributed by atoms with van der Waals surface area (Å²) in [5.74, 6) is 0.231. The summed E-state index contributed by atoms with van der Waals surface area (Å²) in [5.41, 5.74) is 0.913. The summed E-state index contributed by atoms with van der Waals surface area (Å²) < 4.78 is 14.0. The van der Waals surface area contributed by atoms with Crippen LogP contribution in [0.5, 0.6) is 0 Å². The van der Waals surface area contributed by atoms with Gasteiger partial charge in [0.1, 0.15) is 0 Å². The van der Waals surface area contributed by atoms with Crippen LogP contribution < -0.4 is 5.32 Å². The van der Waals surface area contributed by atoms with Crippen LogP contribution in [-0.2, 0) is 6.42 Å². The maximum absolute atomic E-state index is 13.6. The summed E-state index contributed by atoms with van der Waals surface area (Å²) >= 11 is 9.13. The maximum atomic E-state index is 13.6. The Bertz CT molecular complexity index is 378. The number of hydrogen-bond acceptors (Lipinski definition) is 1. The van der Waals surface area contributed by atoms with Crippen LogP contribution in [0.2, 0.25) is 5.02 Å². The van der Waals surface area contributed by atoms with Crippen LogP contribution in [0.15, 0.2) is 16.6 Å². The molecule has 1 saturated heterocycles. The molecule has 0 aliphatic carbocycles. The molecular formula is C12H14BrClFN. The summed E-state index contributed by atoms with van der Waals surface area (Å²) in [7, 11) is 0. The monoisotopic (exact) mass is 305 g/mol. The van der Waals surface area contributed by atoms with Crippen molar-refractivity contribution in [2.45, 2.75) is 19.3 Å². The normalized spacial score (nSPS) is 21.1. The lowest BCUT2D eigenvalue weighted by molar-refractivity contribution is 0.375. The molecule has 0 aromatic heterocycles. The molecule has 1 aromatic carbocycles. The molecule has 2 rings (SSSR count). The van der Waals surface area contributed by atoms with Crippen LogP contribution in [0.3, 0.4) is 0 Å². The van der Waals surface area contributed by atoms with Gasteiger partial charge in [-0.1, -0.05) is 17.7 Å². The standard InChI is InChI=1S/C12H14BrClFN/c13-10-4-3-9(11(14)12(10)15)6-8-2-1-5-16-7-8/h3-4,8,16H,1-2,5-7H2. The molecule has 1 atom stereocenters. The Morgan fingerprint density at radius 2 is 2.31 bits per heavy atom. The van der Waals surface area contributed by atoms with Crippen molar-refractivity contribution >= 4 is 27.5 Å². The molecule has 1 heterocycles. The Balaban J connectivity index is 2.11. The number of rotatable bonds is 2. The first-order valence-electron chi connectivity index (χ1n) is 5.51. The first kappa shape index (κ1) is 12.3. The lowest BCUT2D eigenvalue weighted by atomic mass is 9.92. The highest BCUT2D eigenvalue weighted by Crippen LogP contribution is 2.29. The smallest absolute Gasteiger partial charge is 0.156 e. The molecule has 1 nitrogen and oxygen atoms in total. The number of hydrogen-bond donors (Lipinski definition) is 1. The third kappa shape index (κ3) is 2.76. The summed E-state index contributed by atoms with van der Waals surface area (Å²) in [6.07, 6.45) is 3.25. The fourth-order valence-corrected chi connectivity index (χ4v) is 2.82. The predicted molar refractivity (Wildman–Crippen MR) is 68.4 cm³/mol. The summed E-state index contributed by atoms with van der Waals surface area (Å²) in [5, 5.41) is 3.62. The van der Waals surface area contributed by atoms with Gasteiger partial charge in [0.2, 0.25) is 0 Å². The van der Waals surface area contributed by atoms with E-state index in [1.807, 2.05) is 6.07 Å². The quantitative estimate of drug-likeness (QED) is 0.820. The van der Waals surface area contributed by atoms with Gasteiger partial charge >= 0.3 is 0 Å². The van der Waals surface area contributed by atoms with Gasteiger partial charge in [0, 0.05) is 0 Å². The second-order valence-electron chi connectivity index (χ2n) is 4.25. The average Bonchev–Trinajstić information content (AvgIpc) is 2.31. The van der Waals surface area contributed by atoms with E-state index in [4.69, 9.17) is 11.6 Å².